The van der Waals surface area contributed by atoms with Crippen molar-refractivity contribution in [3.63, 3.8) is 0 Å². The zero-order valence-electron chi connectivity index (χ0n) is 17.7. The van der Waals surface area contributed by atoms with Crippen LogP contribution >= 0.6 is 0 Å². The number of hydrogen-bond donors (Lipinski definition) is 1. The van der Waals surface area contributed by atoms with E-state index in [2.05, 4.69) is 17.9 Å². The van der Waals surface area contributed by atoms with Crippen LogP contribution in [0.25, 0.3) is 10.9 Å². The predicted molar refractivity (Wildman–Crippen MR) is 123 cm³/mol. The minimum Gasteiger partial charge on any atom is -0.395 e. The molecule has 2 aliphatic rings. The molecule has 0 unspecified atom stereocenters. The number of para-hydroxylation sites is 1. The molecule has 1 aliphatic heterocycles. The molecule has 2 heterocycles. The van der Waals surface area contributed by atoms with Gasteiger partial charge in [-0.2, -0.15) is 0 Å². The van der Waals surface area contributed by atoms with Crippen LogP contribution < -0.4 is 0 Å². The normalized spacial score (nSPS) is 21.5. The van der Waals surface area contributed by atoms with Gasteiger partial charge < -0.3 is 5.11 Å². The third kappa shape index (κ3) is 3.25. The summed E-state index contributed by atoms with van der Waals surface area (Å²) in [4.78, 5) is 2.65. The Balaban J connectivity index is 1.76. The van der Waals surface area contributed by atoms with Gasteiger partial charge in [0.25, 0.3) is 10.0 Å². The van der Waals surface area contributed by atoms with Gasteiger partial charge in [0.15, 0.2) is 0 Å². The van der Waals surface area contributed by atoms with E-state index in [-0.39, 0.29) is 12.6 Å². The standard InChI is InChI=1S/C25H28N2O3S/c1-2-18-16-19-12-13-23-24(25(19)26(17-18)14-15-28)21-10-6-7-11-22(21)27(23)31(29,30)20-8-4-3-5-9-20/h3-11,16,19,25,28H,2,12-15,17H2,1H3/t19-,25+/m0/s1. The highest BCUT2D eigenvalue weighted by molar-refractivity contribution is 7.90. The van der Waals surface area contributed by atoms with Crippen molar-refractivity contribution in [2.24, 2.45) is 5.92 Å². The van der Waals surface area contributed by atoms with Crippen LogP contribution in [0.15, 0.2) is 71.1 Å². The van der Waals surface area contributed by atoms with Crippen LogP contribution in [0, 0.1) is 5.92 Å². The molecule has 162 valence electrons. The molecule has 1 aromatic heterocycles. The molecule has 0 spiro atoms. The molecule has 1 aliphatic carbocycles. The lowest BCUT2D eigenvalue weighted by Gasteiger charge is -2.43. The first-order valence-corrected chi connectivity index (χ1v) is 12.5. The maximum atomic E-state index is 13.7. The number of aliphatic hydroxyl groups is 1. The summed E-state index contributed by atoms with van der Waals surface area (Å²) in [7, 11) is -3.71. The highest BCUT2D eigenvalue weighted by Gasteiger charge is 2.40. The molecule has 2 atom stereocenters. The van der Waals surface area contributed by atoms with Crippen LogP contribution in [-0.2, 0) is 16.4 Å². The molecule has 31 heavy (non-hydrogen) atoms. The Hall–Kier alpha value is -2.41. The summed E-state index contributed by atoms with van der Waals surface area (Å²) < 4.78 is 29.1. The van der Waals surface area contributed by atoms with E-state index in [0.717, 1.165) is 48.0 Å². The number of fused-ring (bicyclic) bond motifs is 5. The maximum Gasteiger partial charge on any atom is 0.268 e. The van der Waals surface area contributed by atoms with Crippen molar-refractivity contribution in [2.45, 2.75) is 37.1 Å². The third-order valence-electron chi connectivity index (χ3n) is 6.76. The zero-order valence-corrected chi connectivity index (χ0v) is 18.6. The molecule has 0 saturated heterocycles. The van der Waals surface area contributed by atoms with Gasteiger partial charge in [-0.25, -0.2) is 12.4 Å². The summed E-state index contributed by atoms with van der Waals surface area (Å²) >= 11 is 0. The molecule has 5 rings (SSSR count). The largest absolute Gasteiger partial charge is 0.395 e. The Kier molecular flexibility index (Phi) is 5.24. The Labute approximate surface area is 183 Å². The lowest BCUT2D eigenvalue weighted by Crippen LogP contribution is -2.42. The number of rotatable bonds is 5. The van der Waals surface area contributed by atoms with E-state index in [0.29, 0.717) is 17.4 Å². The van der Waals surface area contributed by atoms with Gasteiger partial charge >= 0.3 is 0 Å². The fourth-order valence-corrected chi connectivity index (χ4v) is 7.03. The first-order chi connectivity index (χ1) is 15.1. The van der Waals surface area contributed by atoms with Crippen LogP contribution in [0.1, 0.15) is 37.1 Å². The molecule has 6 heteroatoms. The molecule has 1 N–H and O–H groups in total. The van der Waals surface area contributed by atoms with Crippen molar-refractivity contribution in [3.8, 4) is 0 Å². The Morgan fingerprint density at radius 3 is 2.55 bits per heavy atom. The first-order valence-electron chi connectivity index (χ1n) is 11.0. The molecule has 0 radical (unpaired) electrons. The van der Waals surface area contributed by atoms with Crippen molar-refractivity contribution in [3.05, 3.63) is 77.5 Å². The summed E-state index contributed by atoms with van der Waals surface area (Å²) in [5.41, 5.74) is 4.15. The maximum absolute atomic E-state index is 13.7. The van der Waals surface area contributed by atoms with Crippen LogP contribution in [-0.4, -0.2) is 42.1 Å². The summed E-state index contributed by atoms with van der Waals surface area (Å²) in [6.45, 7) is 3.68. The fourth-order valence-electron chi connectivity index (χ4n) is 5.42. The topological polar surface area (TPSA) is 62.5 Å². The molecule has 5 nitrogen and oxygen atoms in total. The van der Waals surface area contributed by atoms with Crippen molar-refractivity contribution in [1.82, 2.24) is 8.87 Å². The lowest BCUT2D eigenvalue weighted by molar-refractivity contribution is 0.116. The van der Waals surface area contributed by atoms with Crippen LogP contribution in [0.4, 0.5) is 0 Å². The Bertz CT molecular complexity index is 1240. The van der Waals surface area contributed by atoms with Crippen LogP contribution in [0.3, 0.4) is 0 Å². The second-order valence-electron chi connectivity index (χ2n) is 8.48. The predicted octanol–water partition coefficient (Wildman–Crippen LogP) is 4.13. The second kappa shape index (κ2) is 7.93. The minimum absolute atomic E-state index is 0.0864. The monoisotopic (exact) mass is 436 g/mol. The van der Waals surface area contributed by atoms with E-state index in [1.54, 1.807) is 28.2 Å². The van der Waals surface area contributed by atoms with Gasteiger partial charge in [-0.1, -0.05) is 55.0 Å². The number of β-amino-alcohol motifs (C(OH)–C–C–N with tert-alkyl or cyclic N) is 1. The van der Waals surface area contributed by atoms with Gasteiger partial charge in [0.1, 0.15) is 0 Å². The van der Waals surface area contributed by atoms with Gasteiger partial charge in [-0.05, 0) is 48.9 Å². The molecular formula is C25H28N2O3S. The number of aromatic nitrogens is 1. The fraction of sp³-hybridized carbons (Fsp3) is 0.360. The van der Waals surface area contributed by atoms with E-state index >= 15 is 0 Å². The molecule has 2 aromatic carbocycles. The van der Waals surface area contributed by atoms with Crippen molar-refractivity contribution in [1.29, 1.82) is 0 Å². The molecule has 3 aromatic rings. The van der Waals surface area contributed by atoms with E-state index in [9.17, 15) is 13.5 Å². The van der Waals surface area contributed by atoms with Crippen LogP contribution in [0.2, 0.25) is 0 Å². The second-order valence-corrected chi connectivity index (χ2v) is 10.3. The number of hydrogen-bond acceptors (Lipinski definition) is 4. The molecular weight excluding hydrogens is 408 g/mol. The van der Waals surface area contributed by atoms with Crippen LogP contribution in [0.5, 0.6) is 0 Å². The smallest absolute Gasteiger partial charge is 0.268 e. The Morgan fingerprint density at radius 2 is 1.81 bits per heavy atom. The summed E-state index contributed by atoms with van der Waals surface area (Å²) in [5, 5.41) is 10.8. The van der Waals surface area contributed by atoms with E-state index in [4.69, 9.17) is 0 Å². The molecule has 0 saturated carbocycles. The molecule has 0 bridgehead atoms. The van der Waals surface area contributed by atoms with Gasteiger partial charge in [0.05, 0.1) is 17.0 Å². The van der Waals surface area contributed by atoms with Gasteiger partial charge in [0, 0.05) is 30.2 Å². The summed E-state index contributed by atoms with van der Waals surface area (Å²) in [5.74, 6) is 0.335. The summed E-state index contributed by atoms with van der Waals surface area (Å²) in [6, 6.07) is 16.6. The molecule has 0 amide bonds. The average molecular weight is 437 g/mol. The minimum atomic E-state index is -3.71. The third-order valence-corrected chi connectivity index (χ3v) is 8.52. The first kappa shape index (κ1) is 20.5. The SMILES string of the molecule is CCC1=C[C@@H]2CCc3c(c4ccccc4n3S(=O)(=O)c3ccccc3)[C@@H]2N(CCO)C1. The average Bonchev–Trinajstić information content (AvgIpc) is 3.15. The van der Waals surface area contributed by atoms with Crippen molar-refractivity contribution < 1.29 is 13.5 Å². The highest BCUT2D eigenvalue weighted by atomic mass is 32.2. The quantitative estimate of drug-likeness (QED) is 0.611. The van der Waals surface area contributed by atoms with Gasteiger partial charge in [0.2, 0.25) is 0 Å². The van der Waals surface area contributed by atoms with E-state index < -0.39 is 10.0 Å². The Morgan fingerprint density at radius 1 is 1.06 bits per heavy atom. The van der Waals surface area contributed by atoms with Crippen molar-refractivity contribution >= 4 is 20.9 Å². The van der Waals surface area contributed by atoms with E-state index in [1.165, 1.54) is 5.57 Å². The summed E-state index contributed by atoms with van der Waals surface area (Å²) in [6.07, 6.45) is 5.03. The van der Waals surface area contributed by atoms with E-state index in [1.807, 2.05) is 30.3 Å². The van der Waals surface area contributed by atoms with Crippen molar-refractivity contribution in [2.75, 3.05) is 19.7 Å². The number of nitrogens with zero attached hydrogens (tertiary/aromatic N) is 2. The zero-order chi connectivity index (χ0) is 21.6. The number of aliphatic hydroxyl groups excluding tert-OH is 1. The highest BCUT2D eigenvalue weighted by Crippen LogP contribution is 2.47. The molecule has 0 fully saturated rings. The van der Waals surface area contributed by atoms with Gasteiger partial charge in [-0.15, -0.1) is 0 Å². The number of benzene rings is 2. The lowest BCUT2D eigenvalue weighted by atomic mass is 9.77. The van der Waals surface area contributed by atoms with Gasteiger partial charge in [-0.3, -0.25) is 4.90 Å².